The maximum Gasteiger partial charge on any atom is 0.273 e. The molecule has 3 rings (SSSR count). The van der Waals surface area contributed by atoms with Gasteiger partial charge in [-0.25, -0.2) is 4.98 Å². The van der Waals surface area contributed by atoms with Crippen molar-refractivity contribution in [2.24, 2.45) is 0 Å². The van der Waals surface area contributed by atoms with Crippen LogP contribution in [0.4, 0.5) is 0 Å². The summed E-state index contributed by atoms with van der Waals surface area (Å²) in [7, 11) is 0. The van der Waals surface area contributed by atoms with Crippen molar-refractivity contribution in [2.45, 2.75) is 6.54 Å². The first-order chi connectivity index (χ1) is 9.66. The van der Waals surface area contributed by atoms with Gasteiger partial charge < -0.3 is 0 Å². The molecule has 1 aromatic carbocycles. The number of rotatable bonds is 2. The first kappa shape index (κ1) is 13.1. The lowest BCUT2D eigenvalue weighted by Crippen LogP contribution is -2.21. The highest BCUT2D eigenvalue weighted by atomic mass is 35.5. The van der Waals surface area contributed by atoms with Crippen LogP contribution in [0.25, 0.3) is 10.9 Å². The summed E-state index contributed by atoms with van der Waals surface area (Å²) in [6.45, 7) is 0.367. The van der Waals surface area contributed by atoms with Gasteiger partial charge in [-0.3, -0.25) is 14.3 Å². The molecular weight excluding hydrogens is 297 g/mol. The average Bonchev–Trinajstić information content (AvgIpc) is 2.48. The van der Waals surface area contributed by atoms with Crippen LogP contribution in [0.5, 0.6) is 0 Å². The molecule has 0 amide bonds. The summed E-state index contributed by atoms with van der Waals surface area (Å²) >= 11 is 11.5. The summed E-state index contributed by atoms with van der Waals surface area (Å²) in [4.78, 5) is 20.2. The number of halogens is 2. The predicted molar refractivity (Wildman–Crippen MR) is 79.4 cm³/mol. The van der Waals surface area contributed by atoms with E-state index in [9.17, 15) is 4.79 Å². The Labute approximate surface area is 124 Å². The van der Waals surface area contributed by atoms with E-state index in [1.807, 2.05) is 30.3 Å². The van der Waals surface area contributed by atoms with E-state index in [-0.39, 0.29) is 15.7 Å². The molecule has 0 radical (unpaired) electrons. The van der Waals surface area contributed by atoms with Crippen molar-refractivity contribution in [2.75, 3.05) is 0 Å². The quantitative estimate of drug-likeness (QED) is 0.683. The largest absolute Gasteiger partial charge is 0.293 e. The molecule has 6 heteroatoms. The van der Waals surface area contributed by atoms with Gasteiger partial charge in [0, 0.05) is 11.6 Å². The van der Waals surface area contributed by atoms with Crippen LogP contribution in [-0.2, 0) is 6.54 Å². The molecule has 0 saturated carbocycles. The van der Waals surface area contributed by atoms with Gasteiger partial charge >= 0.3 is 0 Å². The summed E-state index contributed by atoms with van der Waals surface area (Å²) in [5.41, 5.74) is 1.50. The summed E-state index contributed by atoms with van der Waals surface area (Å²) in [6, 6.07) is 9.62. The lowest BCUT2D eigenvalue weighted by Gasteiger charge is -2.08. The standard InChI is InChI=1S/C14H9Cl2N3O/c15-12-13(16)18-8-19(14(12)20)7-9-5-6-17-11-4-2-1-3-10(9)11/h1-6,8H,7H2. The molecule has 0 spiro atoms. The summed E-state index contributed by atoms with van der Waals surface area (Å²) in [5, 5.41) is 0.952. The molecule has 2 aromatic heterocycles. The van der Waals surface area contributed by atoms with E-state index in [0.717, 1.165) is 16.5 Å². The molecule has 0 aliphatic rings. The van der Waals surface area contributed by atoms with Crippen LogP contribution < -0.4 is 5.56 Å². The number of hydrogen-bond acceptors (Lipinski definition) is 3. The fourth-order valence-corrected chi connectivity index (χ4v) is 2.31. The van der Waals surface area contributed by atoms with Crippen molar-refractivity contribution in [1.29, 1.82) is 0 Å². The molecule has 0 aliphatic heterocycles. The third-order valence-corrected chi connectivity index (χ3v) is 3.74. The average molecular weight is 306 g/mol. The molecule has 100 valence electrons. The zero-order valence-electron chi connectivity index (χ0n) is 10.3. The van der Waals surface area contributed by atoms with E-state index >= 15 is 0 Å². The van der Waals surface area contributed by atoms with Gasteiger partial charge in [-0.2, -0.15) is 0 Å². The monoisotopic (exact) mass is 305 g/mol. The molecule has 3 aromatic rings. The highest BCUT2D eigenvalue weighted by Gasteiger charge is 2.09. The fraction of sp³-hybridized carbons (Fsp3) is 0.0714. The number of pyridine rings is 1. The van der Waals surface area contributed by atoms with E-state index in [1.54, 1.807) is 6.20 Å². The van der Waals surface area contributed by atoms with Crippen LogP contribution in [0.1, 0.15) is 5.56 Å². The van der Waals surface area contributed by atoms with Gasteiger partial charge in [-0.15, -0.1) is 0 Å². The van der Waals surface area contributed by atoms with Crippen molar-refractivity contribution in [1.82, 2.24) is 14.5 Å². The second-order valence-corrected chi connectivity index (χ2v) is 5.01. The predicted octanol–water partition coefficient (Wildman–Crippen LogP) is 3.15. The Morgan fingerprint density at radius 1 is 1.10 bits per heavy atom. The highest BCUT2D eigenvalue weighted by molar-refractivity contribution is 6.40. The third-order valence-electron chi connectivity index (χ3n) is 3.02. The Hall–Kier alpha value is -1.91. The Bertz CT molecular complexity index is 840. The maximum atomic E-state index is 12.0. The number of aromatic nitrogens is 3. The Balaban J connectivity index is 2.11. The topological polar surface area (TPSA) is 47.8 Å². The van der Waals surface area contributed by atoms with Gasteiger partial charge in [0.05, 0.1) is 18.4 Å². The zero-order valence-corrected chi connectivity index (χ0v) is 11.8. The van der Waals surface area contributed by atoms with E-state index in [0.29, 0.717) is 6.54 Å². The maximum absolute atomic E-state index is 12.0. The first-order valence-corrected chi connectivity index (χ1v) is 6.65. The second-order valence-electron chi connectivity index (χ2n) is 4.27. The van der Waals surface area contributed by atoms with Gasteiger partial charge in [0.15, 0.2) is 5.15 Å². The molecule has 0 aliphatic carbocycles. The van der Waals surface area contributed by atoms with Crippen LogP contribution in [-0.4, -0.2) is 14.5 Å². The number of para-hydroxylation sites is 1. The number of hydrogen-bond donors (Lipinski definition) is 0. The van der Waals surface area contributed by atoms with Crippen LogP contribution >= 0.6 is 23.2 Å². The smallest absolute Gasteiger partial charge is 0.273 e. The van der Waals surface area contributed by atoms with Gasteiger partial charge in [0.1, 0.15) is 5.02 Å². The van der Waals surface area contributed by atoms with Gasteiger partial charge in [-0.05, 0) is 17.7 Å². The molecule has 0 unspecified atom stereocenters. The van der Waals surface area contributed by atoms with Crippen molar-refractivity contribution in [3.05, 3.63) is 68.9 Å². The minimum absolute atomic E-state index is 0.0208. The normalized spacial score (nSPS) is 10.9. The minimum Gasteiger partial charge on any atom is -0.293 e. The van der Waals surface area contributed by atoms with Gasteiger partial charge in [0.25, 0.3) is 5.56 Å². The van der Waals surface area contributed by atoms with Crippen LogP contribution in [0.3, 0.4) is 0 Å². The Morgan fingerprint density at radius 2 is 1.90 bits per heavy atom. The van der Waals surface area contributed by atoms with Crippen molar-refractivity contribution in [3.63, 3.8) is 0 Å². The lowest BCUT2D eigenvalue weighted by molar-refractivity contribution is 0.740. The molecule has 0 bridgehead atoms. The zero-order chi connectivity index (χ0) is 14.1. The first-order valence-electron chi connectivity index (χ1n) is 5.90. The van der Waals surface area contributed by atoms with Gasteiger partial charge in [-0.1, -0.05) is 41.4 Å². The van der Waals surface area contributed by atoms with Gasteiger partial charge in [0.2, 0.25) is 0 Å². The van der Waals surface area contributed by atoms with E-state index < -0.39 is 0 Å². The molecule has 0 fully saturated rings. The Kier molecular flexibility index (Phi) is 3.42. The number of fused-ring (bicyclic) bond motifs is 1. The van der Waals surface area contributed by atoms with Crippen LogP contribution in [0.2, 0.25) is 10.2 Å². The summed E-state index contributed by atoms with van der Waals surface area (Å²) < 4.78 is 1.43. The molecule has 4 nitrogen and oxygen atoms in total. The molecule has 2 heterocycles. The third kappa shape index (κ3) is 2.28. The molecule has 0 saturated heterocycles. The minimum atomic E-state index is -0.354. The number of nitrogens with zero attached hydrogens (tertiary/aromatic N) is 3. The second kappa shape index (κ2) is 5.23. The van der Waals surface area contributed by atoms with Crippen LogP contribution in [0.15, 0.2) is 47.7 Å². The molecule has 20 heavy (non-hydrogen) atoms. The van der Waals surface area contributed by atoms with Crippen molar-refractivity contribution >= 4 is 34.1 Å². The number of benzene rings is 1. The van der Waals surface area contributed by atoms with Crippen molar-refractivity contribution < 1.29 is 0 Å². The molecular formula is C14H9Cl2N3O. The summed E-state index contributed by atoms with van der Waals surface area (Å²) in [6.07, 6.45) is 3.11. The Morgan fingerprint density at radius 3 is 2.75 bits per heavy atom. The molecule has 0 atom stereocenters. The van der Waals surface area contributed by atoms with Crippen LogP contribution in [0, 0.1) is 0 Å². The fourth-order valence-electron chi connectivity index (χ4n) is 2.03. The summed E-state index contributed by atoms with van der Waals surface area (Å²) in [5.74, 6) is 0. The SMILES string of the molecule is O=c1c(Cl)c(Cl)ncn1Cc1ccnc2ccccc12. The van der Waals surface area contributed by atoms with E-state index in [1.165, 1.54) is 10.9 Å². The van der Waals surface area contributed by atoms with Crippen molar-refractivity contribution in [3.8, 4) is 0 Å². The molecule has 0 N–H and O–H groups in total. The van der Waals surface area contributed by atoms with E-state index in [2.05, 4.69) is 9.97 Å². The van der Waals surface area contributed by atoms with E-state index in [4.69, 9.17) is 23.2 Å². The highest BCUT2D eigenvalue weighted by Crippen LogP contribution is 2.18. The lowest BCUT2D eigenvalue weighted by atomic mass is 10.1.